The molecule has 1 aliphatic heterocycles. The number of sulfonamides is 1. The second-order valence-corrected chi connectivity index (χ2v) is 8.59. The van der Waals surface area contributed by atoms with Gasteiger partial charge in [-0.1, -0.05) is 0 Å². The summed E-state index contributed by atoms with van der Waals surface area (Å²) in [5.41, 5.74) is 6.67. The zero-order valence-corrected chi connectivity index (χ0v) is 13.3. The monoisotopic (exact) mass is 315 g/mol. The van der Waals surface area contributed by atoms with Crippen molar-refractivity contribution < 1.29 is 8.42 Å². The highest BCUT2D eigenvalue weighted by Crippen LogP contribution is 2.37. The molecule has 2 fully saturated rings. The van der Waals surface area contributed by atoms with Crippen LogP contribution in [-0.2, 0) is 16.6 Å². The van der Waals surface area contributed by atoms with Crippen molar-refractivity contribution in [3.05, 3.63) is 18.0 Å². The highest BCUT2D eigenvalue weighted by Gasteiger charge is 2.34. The molecule has 1 atom stereocenters. The van der Waals surface area contributed by atoms with E-state index in [1.165, 1.54) is 0 Å². The Bertz CT molecular complexity index is 593. The predicted octanol–water partition coefficient (Wildman–Crippen LogP) is 1.41. The van der Waals surface area contributed by atoms with Gasteiger partial charge in [-0.15, -0.1) is 0 Å². The minimum absolute atomic E-state index is 0.0596. The molecule has 1 aromatic rings. The van der Waals surface area contributed by atoms with Gasteiger partial charge >= 0.3 is 0 Å². The second-order valence-electron chi connectivity index (χ2n) is 5.55. The topological polar surface area (TPSA) is 68.3 Å². The molecule has 1 saturated heterocycles. The van der Waals surface area contributed by atoms with Crippen LogP contribution in [0.1, 0.15) is 31.5 Å². The largest absolute Gasteiger partial charge is 0.346 e. The van der Waals surface area contributed by atoms with Crippen LogP contribution in [0.25, 0.3) is 0 Å². The van der Waals surface area contributed by atoms with Gasteiger partial charge in [-0.05, 0) is 25.8 Å². The standard InChI is InChI=1S/C13H21N3O2S2/c1-10-9-19-5-4-16(10)20(17,18)13-6-12(7-14)15(8-13)11-2-3-11/h6,8,10-11H,2-5,7,9,14H2,1H3. The molecule has 0 radical (unpaired) electrons. The van der Waals surface area contributed by atoms with Gasteiger partial charge in [0.2, 0.25) is 10.0 Å². The van der Waals surface area contributed by atoms with Gasteiger partial charge in [0.1, 0.15) is 4.90 Å². The van der Waals surface area contributed by atoms with Gasteiger partial charge in [-0.3, -0.25) is 0 Å². The Balaban J connectivity index is 1.94. The van der Waals surface area contributed by atoms with E-state index in [4.69, 9.17) is 5.73 Å². The van der Waals surface area contributed by atoms with Gasteiger partial charge in [0.25, 0.3) is 0 Å². The number of nitrogens with two attached hydrogens (primary N) is 1. The van der Waals surface area contributed by atoms with Crippen LogP contribution in [0.4, 0.5) is 0 Å². The third kappa shape index (κ3) is 2.52. The lowest BCUT2D eigenvalue weighted by Gasteiger charge is -2.31. The molecule has 0 aromatic carbocycles. The number of thioether (sulfide) groups is 1. The maximum absolute atomic E-state index is 12.8. The lowest BCUT2D eigenvalue weighted by Crippen LogP contribution is -2.44. The van der Waals surface area contributed by atoms with E-state index in [1.54, 1.807) is 16.6 Å². The third-order valence-electron chi connectivity index (χ3n) is 3.97. The summed E-state index contributed by atoms with van der Waals surface area (Å²) in [5, 5.41) is 0. The minimum atomic E-state index is -3.39. The average molecular weight is 315 g/mol. The van der Waals surface area contributed by atoms with Crippen LogP contribution in [0.2, 0.25) is 0 Å². The Morgan fingerprint density at radius 2 is 2.20 bits per heavy atom. The van der Waals surface area contributed by atoms with Crippen LogP contribution < -0.4 is 5.73 Å². The highest BCUT2D eigenvalue weighted by atomic mass is 32.2. The fraction of sp³-hybridized carbons (Fsp3) is 0.692. The highest BCUT2D eigenvalue weighted by molar-refractivity contribution is 7.99. The third-order valence-corrected chi connectivity index (χ3v) is 7.14. The van der Waals surface area contributed by atoms with Gasteiger partial charge < -0.3 is 10.3 Å². The molecular formula is C13H21N3O2S2. The lowest BCUT2D eigenvalue weighted by molar-refractivity contribution is 0.367. The van der Waals surface area contributed by atoms with Crippen molar-refractivity contribution in [1.82, 2.24) is 8.87 Å². The van der Waals surface area contributed by atoms with Crippen molar-refractivity contribution in [2.24, 2.45) is 5.73 Å². The van der Waals surface area contributed by atoms with Gasteiger partial charge in [0.05, 0.1) is 0 Å². The van der Waals surface area contributed by atoms with E-state index >= 15 is 0 Å². The Labute approximate surface area is 124 Å². The minimum Gasteiger partial charge on any atom is -0.346 e. The number of hydrogen-bond donors (Lipinski definition) is 1. The number of aromatic nitrogens is 1. The van der Waals surface area contributed by atoms with Gasteiger partial charge in [0, 0.05) is 48.6 Å². The summed E-state index contributed by atoms with van der Waals surface area (Å²) in [4.78, 5) is 0.406. The zero-order valence-electron chi connectivity index (χ0n) is 11.7. The average Bonchev–Trinajstić information content (AvgIpc) is 3.17. The van der Waals surface area contributed by atoms with Gasteiger partial charge in [-0.25, -0.2) is 8.42 Å². The zero-order chi connectivity index (χ0) is 14.3. The van der Waals surface area contributed by atoms with E-state index in [1.807, 2.05) is 18.7 Å². The molecule has 0 spiro atoms. The second kappa shape index (κ2) is 5.36. The van der Waals surface area contributed by atoms with Crippen LogP contribution >= 0.6 is 11.8 Å². The van der Waals surface area contributed by atoms with Crippen molar-refractivity contribution in [2.45, 2.75) is 43.3 Å². The van der Waals surface area contributed by atoms with E-state index < -0.39 is 10.0 Å². The first-order valence-electron chi connectivity index (χ1n) is 7.04. The van der Waals surface area contributed by atoms with E-state index in [0.717, 1.165) is 30.0 Å². The first-order chi connectivity index (χ1) is 9.54. The van der Waals surface area contributed by atoms with Crippen LogP contribution in [0, 0.1) is 0 Å². The Morgan fingerprint density at radius 3 is 2.80 bits per heavy atom. The Kier molecular flexibility index (Phi) is 3.87. The summed E-state index contributed by atoms with van der Waals surface area (Å²) in [6.45, 7) is 2.96. The molecule has 2 heterocycles. The molecule has 1 saturated carbocycles. The van der Waals surface area contributed by atoms with Crippen molar-refractivity contribution in [2.75, 3.05) is 18.1 Å². The fourth-order valence-corrected chi connectivity index (χ4v) is 5.60. The van der Waals surface area contributed by atoms with E-state index in [9.17, 15) is 8.42 Å². The molecule has 0 amide bonds. The molecule has 2 aliphatic rings. The number of nitrogens with zero attached hydrogens (tertiary/aromatic N) is 2. The number of rotatable bonds is 4. The van der Waals surface area contributed by atoms with E-state index in [0.29, 0.717) is 24.0 Å². The smallest absolute Gasteiger partial charge is 0.244 e. The van der Waals surface area contributed by atoms with Crippen molar-refractivity contribution in [3.8, 4) is 0 Å². The van der Waals surface area contributed by atoms with Crippen molar-refractivity contribution >= 4 is 21.8 Å². The van der Waals surface area contributed by atoms with Crippen LogP contribution in [0.15, 0.2) is 17.2 Å². The SMILES string of the molecule is CC1CSCCN1S(=O)(=O)c1cc(CN)n(C2CC2)c1. The first kappa shape index (κ1) is 14.4. The molecule has 1 aromatic heterocycles. The van der Waals surface area contributed by atoms with Crippen LogP contribution in [0.5, 0.6) is 0 Å². The van der Waals surface area contributed by atoms with Gasteiger partial charge in [0.15, 0.2) is 0 Å². The van der Waals surface area contributed by atoms with Crippen molar-refractivity contribution in [1.29, 1.82) is 0 Å². The predicted molar refractivity (Wildman–Crippen MR) is 81.3 cm³/mol. The molecule has 20 heavy (non-hydrogen) atoms. The molecule has 7 heteroatoms. The molecule has 3 rings (SSSR count). The summed E-state index contributed by atoms with van der Waals surface area (Å²) in [6, 6.07) is 2.26. The normalized spacial score (nSPS) is 25.0. The maximum atomic E-state index is 12.8. The Morgan fingerprint density at radius 1 is 1.45 bits per heavy atom. The van der Waals surface area contributed by atoms with E-state index in [2.05, 4.69) is 4.57 Å². The molecule has 2 N–H and O–H groups in total. The molecule has 112 valence electrons. The van der Waals surface area contributed by atoms with Gasteiger partial charge in [-0.2, -0.15) is 16.1 Å². The van der Waals surface area contributed by atoms with Crippen molar-refractivity contribution in [3.63, 3.8) is 0 Å². The molecule has 5 nitrogen and oxygen atoms in total. The fourth-order valence-electron chi connectivity index (χ4n) is 2.70. The summed E-state index contributed by atoms with van der Waals surface area (Å²) in [7, 11) is -3.39. The molecule has 1 unspecified atom stereocenters. The van der Waals surface area contributed by atoms with E-state index in [-0.39, 0.29) is 6.04 Å². The number of hydrogen-bond acceptors (Lipinski definition) is 4. The first-order valence-corrected chi connectivity index (χ1v) is 9.64. The van der Waals surface area contributed by atoms with Crippen LogP contribution in [0.3, 0.4) is 0 Å². The summed E-state index contributed by atoms with van der Waals surface area (Å²) in [5.74, 6) is 1.74. The summed E-state index contributed by atoms with van der Waals surface area (Å²) >= 11 is 1.81. The molecule has 1 aliphatic carbocycles. The summed E-state index contributed by atoms with van der Waals surface area (Å²) < 4.78 is 29.3. The van der Waals surface area contributed by atoms with Crippen LogP contribution in [-0.4, -0.2) is 41.4 Å². The quantitative estimate of drug-likeness (QED) is 0.912. The maximum Gasteiger partial charge on any atom is 0.244 e. The lowest BCUT2D eigenvalue weighted by atomic mass is 10.4. The summed E-state index contributed by atoms with van der Waals surface area (Å²) in [6.07, 6.45) is 4.03. The molecule has 0 bridgehead atoms. The Hall–Kier alpha value is -0.500. The molecular weight excluding hydrogens is 294 g/mol.